The average Bonchev–Trinajstić information content (AvgIpc) is 2.62. The molecular formula is C22H18O. The molecule has 3 rings (SSSR count). The first-order chi connectivity index (χ1) is 11.3. The number of hydrogen-bond acceptors (Lipinski definition) is 1. The van der Waals surface area contributed by atoms with Gasteiger partial charge >= 0.3 is 0 Å². The van der Waals surface area contributed by atoms with Crippen LogP contribution in [-0.2, 0) is 0 Å². The monoisotopic (exact) mass is 298 g/mol. The van der Waals surface area contributed by atoms with Crippen LogP contribution in [0.1, 0.15) is 22.3 Å². The van der Waals surface area contributed by atoms with Crippen LogP contribution in [0.2, 0.25) is 0 Å². The summed E-state index contributed by atoms with van der Waals surface area (Å²) in [5.74, 6) is 0.286. The van der Waals surface area contributed by atoms with Gasteiger partial charge in [0.15, 0.2) is 0 Å². The number of aromatic hydroxyl groups is 1. The molecule has 0 saturated heterocycles. The fourth-order valence-corrected chi connectivity index (χ4v) is 2.32. The molecule has 0 radical (unpaired) electrons. The van der Waals surface area contributed by atoms with Crippen LogP contribution in [0.15, 0.2) is 78.9 Å². The normalized spacial score (nSPS) is 11.3. The van der Waals surface area contributed by atoms with Gasteiger partial charge < -0.3 is 5.11 Å². The van der Waals surface area contributed by atoms with E-state index in [1.807, 2.05) is 72.8 Å². The van der Waals surface area contributed by atoms with Gasteiger partial charge in [-0.1, -0.05) is 91.0 Å². The van der Waals surface area contributed by atoms with Crippen molar-refractivity contribution in [2.45, 2.75) is 0 Å². The van der Waals surface area contributed by atoms with Crippen molar-refractivity contribution in [1.82, 2.24) is 0 Å². The van der Waals surface area contributed by atoms with Crippen LogP contribution in [0.25, 0.3) is 24.3 Å². The number of benzene rings is 3. The molecule has 3 aromatic carbocycles. The summed E-state index contributed by atoms with van der Waals surface area (Å²) in [5.41, 5.74) is 4.13. The van der Waals surface area contributed by atoms with Crippen molar-refractivity contribution >= 4 is 24.3 Å². The van der Waals surface area contributed by atoms with Gasteiger partial charge in [0.2, 0.25) is 0 Å². The third-order valence-corrected chi connectivity index (χ3v) is 3.57. The highest BCUT2D eigenvalue weighted by Crippen LogP contribution is 2.22. The molecule has 112 valence electrons. The Balaban J connectivity index is 1.82. The summed E-state index contributed by atoms with van der Waals surface area (Å²) >= 11 is 0. The topological polar surface area (TPSA) is 20.2 Å². The largest absolute Gasteiger partial charge is 0.507 e. The predicted octanol–water partition coefficient (Wildman–Crippen LogP) is 5.73. The fraction of sp³-hybridized carbons (Fsp3) is 0. The summed E-state index contributed by atoms with van der Waals surface area (Å²) in [4.78, 5) is 0. The third kappa shape index (κ3) is 4.21. The molecule has 0 spiro atoms. The molecule has 0 fully saturated rings. The van der Waals surface area contributed by atoms with Gasteiger partial charge in [-0.2, -0.15) is 0 Å². The van der Waals surface area contributed by atoms with E-state index in [4.69, 9.17) is 0 Å². The molecule has 0 amide bonds. The van der Waals surface area contributed by atoms with Crippen LogP contribution >= 0.6 is 0 Å². The minimum Gasteiger partial charge on any atom is -0.507 e. The zero-order valence-electron chi connectivity index (χ0n) is 12.8. The van der Waals surface area contributed by atoms with Crippen LogP contribution in [0.3, 0.4) is 0 Å². The average molecular weight is 298 g/mol. The van der Waals surface area contributed by atoms with Crippen LogP contribution < -0.4 is 0 Å². The van der Waals surface area contributed by atoms with Crippen molar-refractivity contribution in [2.75, 3.05) is 0 Å². The number of rotatable bonds is 4. The summed E-state index contributed by atoms with van der Waals surface area (Å²) in [7, 11) is 0. The zero-order valence-corrected chi connectivity index (χ0v) is 12.8. The highest BCUT2D eigenvalue weighted by Gasteiger charge is 1.98. The van der Waals surface area contributed by atoms with Crippen molar-refractivity contribution in [3.63, 3.8) is 0 Å². The van der Waals surface area contributed by atoms with Crippen molar-refractivity contribution in [2.24, 2.45) is 0 Å². The van der Waals surface area contributed by atoms with E-state index < -0.39 is 0 Å². The van der Waals surface area contributed by atoms with E-state index in [9.17, 15) is 5.11 Å². The molecule has 0 heterocycles. The Labute approximate surface area is 136 Å². The van der Waals surface area contributed by atoms with Gasteiger partial charge in [-0.15, -0.1) is 0 Å². The summed E-state index contributed by atoms with van der Waals surface area (Å²) < 4.78 is 0. The van der Waals surface area contributed by atoms with Gasteiger partial charge in [-0.25, -0.2) is 0 Å². The van der Waals surface area contributed by atoms with Crippen molar-refractivity contribution < 1.29 is 5.11 Å². The number of hydrogen-bond donors (Lipinski definition) is 1. The lowest BCUT2D eigenvalue weighted by Crippen LogP contribution is -1.79. The van der Waals surface area contributed by atoms with Gasteiger partial charge in [0.1, 0.15) is 5.75 Å². The predicted molar refractivity (Wildman–Crippen MR) is 98.8 cm³/mol. The second kappa shape index (κ2) is 7.28. The van der Waals surface area contributed by atoms with Crippen LogP contribution in [0.4, 0.5) is 0 Å². The van der Waals surface area contributed by atoms with Gasteiger partial charge in [0.25, 0.3) is 0 Å². The summed E-state index contributed by atoms with van der Waals surface area (Å²) in [5, 5.41) is 10.0. The molecule has 0 bridgehead atoms. The van der Waals surface area contributed by atoms with Gasteiger partial charge in [-0.3, -0.25) is 0 Å². The smallest absolute Gasteiger partial charge is 0.122 e. The number of phenolic OH excluding ortho intramolecular Hbond substituents is 1. The Kier molecular flexibility index (Phi) is 4.70. The second-order valence-electron chi connectivity index (χ2n) is 5.31. The highest BCUT2D eigenvalue weighted by atomic mass is 16.3. The Hall–Kier alpha value is -3.06. The maximum absolute atomic E-state index is 10.0. The van der Waals surface area contributed by atoms with Crippen molar-refractivity contribution in [3.8, 4) is 5.75 Å². The van der Waals surface area contributed by atoms with Gasteiger partial charge in [-0.05, 0) is 28.8 Å². The zero-order chi connectivity index (χ0) is 15.9. The van der Waals surface area contributed by atoms with Crippen molar-refractivity contribution in [1.29, 1.82) is 0 Å². The van der Waals surface area contributed by atoms with E-state index in [0.717, 1.165) is 22.3 Å². The fourth-order valence-electron chi connectivity index (χ4n) is 2.32. The lowest BCUT2D eigenvalue weighted by atomic mass is 10.1. The quantitative estimate of drug-likeness (QED) is 0.609. The van der Waals surface area contributed by atoms with Crippen molar-refractivity contribution in [3.05, 3.63) is 101 Å². The summed E-state index contributed by atoms with van der Waals surface area (Å²) in [6.45, 7) is 0. The first kappa shape index (κ1) is 14.9. The molecule has 0 unspecified atom stereocenters. The molecule has 0 atom stereocenters. The maximum Gasteiger partial charge on any atom is 0.122 e. The molecule has 0 aliphatic rings. The SMILES string of the molecule is Oc1ccc(C=Cc2ccccc2)cc1C=Cc1ccccc1. The molecule has 0 aliphatic heterocycles. The molecule has 3 aromatic rings. The first-order valence-corrected chi connectivity index (χ1v) is 7.60. The minimum atomic E-state index is 0.286. The van der Waals surface area contributed by atoms with E-state index in [1.54, 1.807) is 6.07 Å². The number of phenols is 1. The van der Waals surface area contributed by atoms with Gasteiger partial charge in [0, 0.05) is 5.56 Å². The molecule has 23 heavy (non-hydrogen) atoms. The molecule has 0 aliphatic carbocycles. The molecular weight excluding hydrogens is 280 g/mol. The highest BCUT2D eigenvalue weighted by molar-refractivity contribution is 5.76. The molecule has 1 N–H and O–H groups in total. The van der Waals surface area contributed by atoms with E-state index >= 15 is 0 Å². The third-order valence-electron chi connectivity index (χ3n) is 3.57. The molecule has 0 saturated carbocycles. The Morgan fingerprint density at radius 1 is 0.522 bits per heavy atom. The van der Waals surface area contributed by atoms with Crippen LogP contribution in [0, 0.1) is 0 Å². The minimum absolute atomic E-state index is 0.286. The Morgan fingerprint density at radius 2 is 1.04 bits per heavy atom. The Morgan fingerprint density at radius 3 is 1.65 bits per heavy atom. The standard InChI is InChI=1S/C22H18O/c23-22-16-14-20(12-11-18-7-3-1-4-8-18)17-21(22)15-13-19-9-5-2-6-10-19/h1-17,23H. The van der Waals surface area contributed by atoms with E-state index in [1.165, 1.54) is 0 Å². The molecule has 1 nitrogen and oxygen atoms in total. The van der Waals surface area contributed by atoms with Gasteiger partial charge in [0.05, 0.1) is 0 Å². The van der Waals surface area contributed by atoms with E-state index in [0.29, 0.717) is 0 Å². The van der Waals surface area contributed by atoms with Crippen LogP contribution in [-0.4, -0.2) is 5.11 Å². The second-order valence-corrected chi connectivity index (χ2v) is 5.31. The molecule has 1 heteroatoms. The summed E-state index contributed by atoms with van der Waals surface area (Å²) in [6.07, 6.45) is 8.05. The lowest BCUT2D eigenvalue weighted by Gasteiger charge is -2.02. The van der Waals surface area contributed by atoms with E-state index in [2.05, 4.69) is 24.3 Å². The Bertz CT molecular complexity index is 815. The maximum atomic E-state index is 10.0. The lowest BCUT2D eigenvalue weighted by molar-refractivity contribution is 0.474. The summed E-state index contributed by atoms with van der Waals surface area (Å²) in [6, 6.07) is 25.8. The van der Waals surface area contributed by atoms with E-state index in [-0.39, 0.29) is 5.75 Å². The molecule has 0 aromatic heterocycles. The first-order valence-electron chi connectivity index (χ1n) is 7.60. The van der Waals surface area contributed by atoms with Crippen LogP contribution in [0.5, 0.6) is 5.75 Å².